The van der Waals surface area contributed by atoms with Gasteiger partial charge in [0.2, 0.25) is 0 Å². The molecule has 6 heteroatoms. The van der Waals surface area contributed by atoms with Crippen LogP contribution in [0.1, 0.15) is 12.8 Å². The molecule has 92 valence electrons. The topological polar surface area (TPSA) is 92.6 Å². The number of benzene rings is 1. The van der Waals surface area contributed by atoms with Gasteiger partial charge in [-0.2, -0.15) is 0 Å². The lowest BCUT2D eigenvalue weighted by Crippen LogP contribution is -2.38. The molecule has 0 amide bonds. The van der Waals surface area contributed by atoms with Crippen molar-refractivity contribution in [2.24, 2.45) is 0 Å². The van der Waals surface area contributed by atoms with Crippen molar-refractivity contribution in [3.63, 3.8) is 0 Å². The van der Waals surface area contributed by atoms with Crippen LogP contribution in [0.5, 0.6) is 0 Å². The number of nitro groups is 1. The zero-order chi connectivity index (χ0) is 12.4. The van der Waals surface area contributed by atoms with Crippen LogP contribution in [0, 0.1) is 10.1 Å². The van der Waals surface area contributed by atoms with Crippen molar-refractivity contribution >= 4 is 17.1 Å². The maximum Gasteiger partial charge on any atom is 0.292 e. The third-order valence-electron chi connectivity index (χ3n) is 2.97. The largest absolute Gasteiger partial charge is 0.393 e. The quantitative estimate of drug-likeness (QED) is 0.457. The highest BCUT2D eigenvalue weighted by Crippen LogP contribution is 2.28. The highest BCUT2D eigenvalue weighted by atomic mass is 16.6. The van der Waals surface area contributed by atoms with E-state index in [9.17, 15) is 15.2 Å². The molecule has 1 atom stereocenters. The summed E-state index contributed by atoms with van der Waals surface area (Å²) in [7, 11) is 0. The van der Waals surface area contributed by atoms with E-state index in [0.717, 1.165) is 25.1 Å². The Morgan fingerprint density at radius 2 is 2.29 bits per heavy atom. The molecule has 1 aromatic carbocycles. The molecule has 0 bridgehead atoms. The second-order valence-corrected chi connectivity index (χ2v) is 4.24. The van der Waals surface area contributed by atoms with Crippen molar-refractivity contribution in [1.29, 1.82) is 0 Å². The van der Waals surface area contributed by atoms with E-state index in [2.05, 4.69) is 0 Å². The fourth-order valence-corrected chi connectivity index (χ4v) is 2.09. The Balaban J connectivity index is 2.22. The first-order valence-electron chi connectivity index (χ1n) is 5.55. The van der Waals surface area contributed by atoms with Gasteiger partial charge >= 0.3 is 0 Å². The van der Waals surface area contributed by atoms with E-state index in [0.29, 0.717) is 6.54 Å². The second-order valence-electron chi connectivity index (χ2n) is 4.24. The number of nitrogens with zero attached hydrogens (tertiary/aromatic N) is 2. The van der Waals surface area contributed by atoms with Crippen LogP contribution in [-0.2, 0) is 0 Å². The van der Waals surface area contributed by atoms with E-state index in [4.69, 9.17) is 5.73 Å². The smallest absolute Gasteiger partial charge is 0.292 e. The molecule has 0 saturated carbocycles. The van der Waals surface area contributed by atoms with E-state index in [-0.39, 0.29) is 17.5 Å². The molecule has 2 rings (SSSR count). The van der Waals surface area contributed by atoms with Crippen LogP contribution in [0.25, 0.3) is 0 Å². The highest BCUT2D eigenvalue weighted by Gasteiger charge is 2.20. The monoisotopic (exact) mass is 237 g/mol. The lowest BCUT2D eigenvalue weighted by atomic mass is 10.1. The molecule has 1 heterocycles. The Morgan fingerprint density at radius 3 is 2.88 bits per heavy atom. The van der Waals surface area contributed by atoms with Gasteiger partial charge < -0.3 is 15.7 Å². The normalized spacial score (nSPS) is 20.3. The molecule has 1 fully saturated rings. The molecule has 17 heavy (non-hydrogen) atoms. The van der Waals surface area contributed by atoms with Gasteiger partial charge in [-0.1, -0.05) is 0 Å². The Kier molecular flexibility index (Phi) is 3.14. The summed E-state index contributed by atoms with van der Waals surface area (Å²) in [5.74, 6) is 0. The molecule has 1 aliphatic rings. The Labute approximate surface area is 98.8 Å². The number of piperidine rings is 1. The van der Waals surface area contributed by atoms with Crippen LogP contribution < -0.4 is 10.6 Å². The Morgan fingerprint density at radius 1 is 1.53 bits per heavy atom. The zero-order valence-electron chi connectivity index (χ0n) is 9.37. The van der Waals surface area contributed by atoms with E-state index in [1.807, 2.05) is 4.90 Å². The molecule has 0 spiro atoms. The predicted molar refractivity (Wildman–Crippen MR) is 65.0 cm³/mol. The van der Waals surface area contributed by atoms with Crippen LogP contribution in [0.2, 0.25) is 0 Å². The second kappa shape index (κ2) is 4.58. The molecule has 3 N–H and O–H groups in total. The maximum atomic E-state index is 10.6. The number of aliphatic hydroxyl groups excluding tert-OH is 1. The van der Waals surface area contributed by atoms with Gasteiger partial charge in [0.25, 0.3) is 5.69 Å². The minimum Gasteiger partial charge on any atom is -0.393 e. The van der Waals surface area contributed by atoms with Crippen molar-refractivity contribution in [2.45, 2.75) is 18.9 Å². The fraction of sp³-hybridized carbons (Fsp3) is 0.455. The number of hydrogen-bond donors (Lipinski definition) is 2. The molecule has 0 aliphatic carbocycles. The van der Waals surface area contributed by atoms with Crippen LogP contribution in [0.3, 0.4) is 0 Å². The predicted octanol–water partition coefficient (Wildman–Crippen LogP) is 1.14. The SMILES string of the molecule is Nc1cc(N2CCC[C@H](O)C2)ccc1[N+](=O)[O-]. The molecular formula is C11H15N3O3. The van der Waals surface area contributed by atoms with Gasteiger partial charge in [-0.25, -0.2) is 0 Å². The molecule has 0 unspecified atom stereocenters. The van der Waals surface area contributed by atoms with Gasteiger partial charge in [0.15, 0.2) is 0 Å². The summed E-state index contributed by atoms with van der Waals surface area (Å²) in [5.41, 5.74) is 6.54. The highest BCUT2D eigenvalue weighted by molar-refractivity contribution is 5.66. The minimum absolute atomic E-state index is 0.0775. The first-order valence-corrected chi connectivity index (χ1v) is 5.55. The van der Waals surface area contributed by atoms with Gasteiger partial charge in [0.05, 0.1) is 11.0 Å². The average molecular weight is 237 g/mol. The number of aliphatic hydroxyl groups is 1. The van der Waals surface area contributed by atoms with E-state index in [1.165, 1.54) is 6.07 Å². The van der Waals surface area contributed by atoms with Crippen molar-refractivity contribution in [1.82, 2.24) is 0 Å². The Bertz CT molecular complexity index is 436. The van der Waals surface area contributed by atoms with Crippen molar-refractivity contribution in [3.05, 3.63) is 28.3 Å². The summed E-state index contributed by atoms with van der Waals surface area (Å²) < 4.78 is 0. The lowest BCUT2D eigenvalue weighted by Gasteiger charge is -2.32. The van der Waals surface area contributed by atoms with E-state index in [1.54, 1.807) is 12.1 Å². The van der Waals surface area contributed by atoms with Gasteiger partial charge in [-0.3, -0.25) is 10.1 Å². The summed E-state index contributed by atoms with van der Waals surface area (Å²) in [6.45, 7) is 1.39. The number of anilines is 2. The number of β-amino-alcohol motifs (C(OH)–C–C–N with tert-alkyl or cyclic N) is 1. The van der Waals surface area contributed by atoms with Crippen molar-refractivity contribution in [3.8, 4) is 0 Å². The maximum absolute atomic E-state index is 10.6. The van der Waals surface area contributed by atoms with E-state index >= 15 is 0 Å². The van der Waals surface area contributed by atoms with Crippen molar-refractivity contribution < 1.29 is 10.0 Å². The number of hydrogen-bond acceptors (Lipinski definition) is 5. The molecule has 1 aliphatic heterocycles. The summed E-state index contributed by atoms with van der Waals surface area (Å²) in [5, 5.41) is 20.2. The standard InChI is InChI=1S/C11H15N3O3/c12-10-6-8(3-4-11(10)14(16)17)13-5-1-2-9(15)7-13/h3-4,6,9,15H,1-2,5,7,12H2/t9-/m0/s1. The molecule has 0 aromatic heterocycles. The minimum atomic E-state index is -0.496. The molecule has 0 radical (unpaired) electrons. The van der Waals surface area contributed by atoms with E-state index < -0.39 is 4.92 Å². The number of rotatable bonds is 2. The first kappa shape index (κ1) is 11.7. The fourth-order valence-electron chi connectivity index (χ4n) is 2.09. The van der Waals surface area contributed by atoms with Crippen LogP contribution in [0.4, 0.5) is 17.1 Å². The molecular weight excluding hydrogens is 222 g/mol. The summed E-state index contributed by atoms with van der Waals surface area (Å²) in [4.78, 5) is 12.1. The van der Waals surface area contributed by atoms with Gasteiger partial charge in [0, 0.05) is 24.8 Å². The zero-order valence-corrected chi connectivity index (χ0v) is 9.37. The number of nitrogen functional groups attached to an aromatic ring is 1. The summed E-state index contributed by atoms with van der Waals surface area (Å²) in [6, 6.07) is 4.67. The lowest BCUT2D eigenvalue weighted by molar-refractivity contribution is -0.383. The van der Waals surface area contributed by atoms with Gasteiger partial charge in [-0.05, 0) is 25.0 Å². The van der Waals surface area contributed by atoms with Gasteiger partial charge in [-0.15, -0.1) is 0 Å². The van der Waals surface area contributed by atoms with Crippen LogP contribution in [0.15, 0.2) is 18.2 Å². The Hall–Kier alpha value is -1.82. The van der Waals surface area contributed by atoms with Crippen LogP contribution >= 0.6 is 0 Å². The molecule has 1 saturated heterocycles. The molecule has 6 nitrogen and oxygen atoms in total. The van der Waals surface area contributed by atoms with Crippen LogP contribution in [-0.4, -0.2) is 29.2 Å². The van der Waals surface area contributed by atoms with Gasteiger partial charge in [0.1, 0.15) is 5.69 Å². The number of nitro benzene ring substituents is 1. The molecule has 1 aromatic rings. The first-order chi connectivity index (χ1) is 8.08. The summed E-state index contributed by atoms with van der Waals surface area (Å²) in [6.07, 6.45) is 1.39. The average Bonchev–Trinajstić information content (AvgIpc) is 2.28. The number of nitrogens with two attached hydrogens (primary N) is 1. The third-order valence-corrected chi connectivity index (χ3v) is 2.97. The van der Waals surface area contributed by atoms with Crippen molar-refractivity contribution in [2.75, 3.05) is 23.7 Å². The third kappa shape index (κ3) is 2.47. The summed E-state index contributed by atoms with van der Waals surface area (Å²) >= 11 is 0.